The molecule has 2 aromatic carbocycles. The summed E-state index contributed by atoms with van der Waals surface area (Å²) in [6.45, 7) is 0.489. The SMILES string of the molecule is COc1cc(Nc2nc3c(c(N(C)C)n2)C=CCOC3c2ccccc2)ccc1-n1cnc(Cl)c1. The minimum atomic E-state index is -0.314. The predicted octanol–water partition coefficient (Wildman–Crippen LogP) is 5.27. The van der Waals surface area contributed by atoms with Crippen molar-refractivity contribution in [2.75, 3.05) is 38.0 Å². The number of benzene rings is 2. The van der Waals surface area contributed by atoms with Crippen LogP contribution in [0.4, 0.5) is 17.5 Å². The number of methoxy groups -OCH3 is 1. The smallest absolute Gasteiger partial charge is 0.229 e. The highest BCUT2D eigenvalue weighted by molar-refractivity contribution is 6.29. The van der Waals surface area contributed by atoms with Crippen molar-refractivity contribution in [2.24, 2.45) is 0 Å². The Morgan fingerprint density at radius 3 is 2.69 bits per heavy atom. The summed E-state index contributed by atoms with van der Waals surface area (Å²) in [7, 11) is 5.56. The van der Waals surface area contributed by atoms with E-state index < -0.39 is 0 Å². The van der Waals surface area contributed by atoms with Crippen LogP contribution in [0.15, 0.2) is 67.1 Å². The summed E-state index contributed by atoms with van der Waals surface area (Å²) < 4.78 is 13.6. The van der Waals surface area contributed by atoms with Crippen LogP contribution < -0.4 is 15.0 Å². The third-order valence-corrected chi connectivity index (χ3v) is 5.83. The van der Waals surface area contributed by atoms with E-state index in [1.807, 2.05) is 72.1 Å². The number of imidazole rings is 1. The molecule has 9 heteroatoms. The van der Waals surface area contributed by atoms with Crippen LogP contribution >= 0.6 is 11.6 Å². The van der Waals surface area contributed by atoms with Gasteiger partial charge in [0, 0.05) is 37.6 Å². The Bertz CT molecular complexity index is 1370. The molecule has 8 nitrogen and oxygen atoms in total. The first-order valence-corrected chi connectivity index (χ1v) is 11.5. The van der Waals surface area contributed by atoms with Crippen LogP contribution in [-0.4, -0.2) is 47.3 Å². The molecule has 2 aromatic heterocycles. The molecule has 0 bridgehead atoms. The molecule has 0 spiro atoms. The molecular formula is C26H25ClN6O2. The zero-order chi connectivity index (χ0) is 24.4. The molecule has 1 N–H and O–H groups in total. The van der Waals surface area contributed by atoms with E-state index >= 15 is 0 Å². The molecule has 5 rings (SSSR count). The van der Waals surface area contributed by atoms with Gasteiger partial charge in [-0.15, -0.1) is 0 Å². The van der Waals surface area contributed by atoms with Crippen molar-refractivity contribution in [3.8, 4) is 11.4 Å². The lowest BCUT2D eigenvalue weighted by molar-refractivity contribution is 0.103. The first-order valence-electron chi connectivity index (χ1n) is 11.1. The molecule has 0 amide bonds. The van der Waals surface area contributed by atoms with Gasteiger partial charge in [0.2, 0.25) is 5.95 Å². The molecule has 4 aromatic rings. The van der Waals surface area contributed by atoms with Crippen LogP contribution in [0.25, 0.3) is 11.8 Å². The molecule has 0 saturated heterocycles. The normalized spacial score (nSPS) is 14.8. The lowest BCUT2D eigenvalue weighted by Gasteiger charge is -2.22. The van der Waals surface area contributed by atoms with Gasteiger partial charge in [-0.2, -0.15) is 4.98 Å². The fourth-order valence-electron chi connectivity index (χ4n) is 4.04. The van der Waals surface area contributed by atoms with E-state index in [4.69, 9.17) is 31.0 Å². The number of halogens is 1. The Kier molecular flexibility index (Phi) is 6.39. The van der Waals surface area contributed by atoms with Gasteiger partial charge in [-0.1, -0.05) is 54.1 Å². The Morgan fingerprint density at radius 1 is 1.14 bits per heavy atom. The second-order valence-electron chi connectivity index (χ2n) is 8.21. The minimum Gasteiger partial charge on any atom is -0.494 e. The van der Waals surface area contributed by atoms with E-state index in [0.29, 0.717) is 23.5 Å². The van der Waals surface area contributed by atoms with Gasteiger partial charge in [0.15, 0.2) is 0 Å². The predicted molar refractivity (Wildman–Crippen MR) is 138 cm³/mol. The van der Waals surface area contributed by atoms with Gasteiger partial charge in [0.05, 0.1) is 25.1 Å². The number of nitrogens with one attached hydrogen (secondary N) is 1. The van der Waals surface area contributed by atoms with Gasteiger partial charge in [-0.3, -0.25) is 0 Å². The molecule has 1 unspecified atom stereocenters. The van der Waals surface area contributed by atoms with Crippen molar-refractivity contribution in [1.29, 1.82) is 0 Å². The molecule has 0 aliphatic carbocycles. The second-order valence-corrected chi connectivity index (χ2v) is 8.59. The average molecular weight is 489 g/mol. The van der Waals surface area contributed by atoms with Crippen molar-refractivity contribution in [2.45, 2.75) is 6.10 Å². The molecular weight excluding hydrogens is 464 g/mol. The molecule has 35 heavy (non-hydrogen) atoms. The lowest BCUT2D eigenvalue weighted by atomic mass is 10.0. The fourth-order valence-corrected chi connectivity index (χ4v) is 4.19. The van der Waals surface area contributed by atoms with E-state index in [0.717, 1.165) is 34.0 Å². The maximum atomic E-state index is 6.20. The largest absolute Gasteiger partial charge is 0.494 e. The van der Waals surface area contributed by atoms with Crippen LogP contribution in [0.1, 0.15) is 22.9 Å². The van der Waals surface area contributed by atoms with E-state index in [9.17, 15) is 0 Å². The minimum absolute atomic E-state index is 0.314. The van der Waals surface area contributed by atoms with E-state index in [1.54, 1.807) is 19.6 Å². The number of anilines is 3. The monoisotopic (exact) mass is 488 g/mol. The second kappa shape index (κ2) is 9.77. The number of aromatic nitrogens is 4. The summed E-state index contributed by atoms with van der Waals surface area (Å²) in [4.78, 5) is 15.8. The quantitative estimate of drug-likeness (QED) is 0.396. The van der Waals surface area contributed by atoms with Crippen LogP contribution in [0.3, 0.4) is 0 Å². The maximum Gasteiger partial charge on any atom is 0.229 e. The molecule has 0 fully saturated rings. The Labute approximate surface area is 208 Å². The van der Waals surface area contributed by atoms with Gasteiger partial charge in [0.25, 0.3) is 0 Å². The maximum absolute atomic E-state index is 6.20. The van der Waals surface area contributed by atoms with Gasteiger partial charge in [-0.25, -0.2) is 9.97 Å². The number of ether oxygens (including phenoxy) is 2. The van der Waals surface area contributed by atoms with Gasteiger partial charge in [-0.05, 0) is 17.7 Å². The molecule has 0 saturated carbocycles. The first kappa shape index (κ1) is 22.9. The van der Waals surface area contributed by atoms with E-state index in [1.165, 1.54) is 0 Å². The zero-order valence-corrected chi connectivity index (χ0v) is 20.4. The third-order valence-electron chi connectivity index (χ3n) is 5.64. The fraction of sp³-hybridized carbons (Fsp3) is 0.192. The van der Waals surface area contributed by atoms with Crippen LogP contribution in [0, 0.1) is 0 Å². The Balaban J connectivity index is 1.55. The van der Waals surface area contributed by atoms with Crippen molar-refractivity contribution in [3.63, 3.8) is 0 Å². The molecule has 1 aliphatic heterocycles. The highest BCUT2D eigenvalue weighted by Gasteiger charge is 2.25. The van der Waals surface area contributed by atoms with Crippen molar-refractivity contribution >= 4 is 35.1 Å². The average Bonchev–Trinajstić information content (AvgIpc) is 3.19. The highest BCUT2D eigenvalue weighted by Crippen LogP contribution is 2.36. The van der Waals surface area contributed by atoms with Gasteiger partial charge < -0.3 is 24.3 Å². The van der Waals surface area contributed by atoms with E-state index in [-0.39, 0.29) is 6.10 Å². The molecule has 1 atom stereocenters. The van der Waals surface area contributed by atoms with Gasteiger partial charge >= 0.3 is 0 Å². The van der Waals surface area contributed by atoms with Crippen molar-refractivity contribution in [3.05, 3.63) is 89.1 Å². The first-order chi connectivity index (χ1) is 17.0. The summed E-state index contributed by atoms with van der Waals surface area (Å²) in [5.41, 5.74) is 4.39. The highest BCUT2D eigenvalue weighted by atomic mass is 35.5. The van der Waals surface area contributed by atoms with Crippen molar-refractivity contribution < 1.29 is 9.47 Å². The van der Waals surface area contributed by atoms with E-state index in [2.05, 4.69) is 22.4 Å². The van der Waals surface area contributed by atoms with Crippen LogP contribution in [0.2, 0.25) is 5.15 Å². The number of nitrogens with zero attached hydrogens (tertiary/aromatic N) is 5. The summed E-state index contributed by atoms with van der Waals surface area (Å²) >= 11 is 5.99. The summed E-state index contributed by atoms with van der Waals surface area (Å²) in [6, 6.07) is 15.9. The lowest BCUT2D eigenvalue weighted by Crippen LogP contribution is -2.18. The number of fused-ring (bicyclic) bond motifs is 1. The number of rotatable bonds is 6. The van der Waals surface area contributed by atoms with Crippen LogP contribution in [-0.2, 0) is 4.74 Å². The Morgan fingerprint density at radius 2 is 1.97 bits per heavy atom. The summed E-state index contributed by atoms with van der Waals surface area (Å²) in [6.07, 6.45) is 7.08. The standard InChI is InChI=1S/C26H25ClN6O2/c1-32(2)25-19-10-7-13-35-24(17-8-5-4-6-9-17)23(19)30-26(31-25)29-18-11-12-20(21(14-18)34-3)33-15-22(27)28-16-33/h4-12,14-16,24H,13H2,1-3H3,(H,29,30,31). The third kappa shape index (κ3) is 4.71. The molecule has 178 valence electrons. The van der Waals surface area contributed by atoms with Crippen molar-refractivity contribution in [1.82, 2.24) is 19.5 Å². The Hall–Kier alpha value is -3.88. The van der Waals surface area contributed by atoms with Gasteiger partial charge in [0.1, 0.15) is 29.2 Å². The molecule has 1 aliphatic rings. The summed E-state index contributed by atoms with van der Waals surface area (Å²) in [5.74, 6) is 1.92. The zero-order valence-electron chi connectivity index (χ0n) is 19.6. The molecule has 0 radical (unpaired) electrons. The topological polar surface area (TPSA) is 77.3 Å². The molecule has 3 heterocycles. The van der Waals surface area contributed by atoms with Crippen LogP contribution in [0.5, 0.6) is 5.75 Å². The number of hydrogen-bond acceptors (Lipinski definition) is 7. The number of hydrogen-bond donors (Lipinski definition) is 1. The summed E-state index contributed by atoms with van der Waals surface area (Å²) in [5, 5.41) is 3.75.